The van der Waals surface area contributed by atoms with Gasteiger partial charge in [-0.1, -0.05) is 37.6 Å². The fourth-order valence-corrected chi connectivity index (χ4v) is 3.20. The number of nitrogens with two attached hydrogens (primary N) is 1. The van der Waals surface area contributed by atoms with E-state index >= 15 is 0 Å². The van der Waals surface area contributed by atoms with Crippen molar-refractivity contribution in [3.05, 3.63) is 47.8 Å². The van der Waals surface area contributed by atoms with Crippen LogP contribution in [0.25, 0.3) is 0 Å². The van der Waals surface area contributed by atoms with E-state index in [4.69, 9.17) is 5.73 Å². The molecule has 5 heteroatoms. The first kappa shape index (κ1) is 18.2. The van der Waals surface area contributed by atoms with Gasteiger partial charge in [0.1, 0.15) is 12.0 Å². The summed E-state index contributed by atoms with van der Waals surface area (Å²) in [7, 11) is 0. The molecule has 0 aliphatic heterocycles. The smallest absolute Gasteiger partial charge is 0.159 e. The van der Waals surface area contributed by atoms with Gasteiger partial charge >= 0.3 is 0 Å². The molecule has 0 bridgehead atoms. The molecule has 0 atom stereocenters. The van der Waals surface area contributed by atoms with Crippen molar-refractivity contribution in [2.24, 2.45) is 0 Å². The molecule has 3 rings (SSSR count). The van der Waals surface area contributed by atoms with E-state index in [0.29, 0.717) is 23.2 Å². The molecule has 1 aliphatic rings. The second-order valence-corrected chi connectivity index (χ2v) is 7.17. The minimum atomic E-state index is 0.517. The molecule has 5 nitrogen and oxygen atoms in total. The van der Waals surface area contributed by atoms with Crippen LogP contribution in [-0.2, 0) is 0 Å². The average molecular weight is 351 g/mol. The van der Waals surface area contributed by atoms with Crippen molar-refractivity contribution in [3.8, 4) is 0 Å². The zero-order valence-electron chi connectivity index (χ0n) is 15.8. The van der Waals surface area contributed by atoms with Crippen molar-refractivity contribution in [1.29, 1.82) is 0 Å². The summed E-state index contributed by atoms with van der Waals surface area (Å²) in [4.78, 5) is 8.58. The zero-order valence-corrected chi connectivity index (χ0v) is 15.8. The van der Waals surface area contributed by atoms with E-state index in [1.807, 2.05) is 0 Å². The van der Waals surface area contributed by atoms with Gasteiger partial charge in [-0.2, -0.15) is 0 Å². The topological polar surface area (TPSA) is 75.9 Å². The highest BCUT2D eigenvalue weighted by Gasteiger charge is 2.09. The quantitative estimate of drug-likeness (QED) is 0.596. The molecule has 0 unspecified atom stereocenters. The highest BCUT2D eigenvalue weighted by Crippen LogP contribution is 2.27. The summed E-state index contributed by atoms with van der Waals surface area (Å²) in [5.74, 6) is 1.85. The summed E-state index contributed by atoms with van der Waals surface area (Å²) in [5, 5.41) is 6.64. The van der Waals surface area contributed by atoms with Gasteiger partial charge in [-0.25, -0.2) is 9.97 Å². The molecule has 4 N–H and O–H groups in total. The molecule has 1 aliphatic carbocycles. The first-order valence-electron chi connectivity index (χ1n) is 9.52. The van der Waals surface area contributed by atoms with Gasteiger partial charge in [0.05, 0.1) is 0 Å². The maximum Gasteiger partial charge on any atom is 0.159 e. The van der Waals surface area contributed by atoms with Gasteiger partial charge < -0.3 is 16.4 Å². The van der Waals surface area contributed by atoms with Crippen LogP contribution in [0.5, 0.6) is 0 Å². The number of anilines is 4. The molecule has 0 amide bonds. The lowest BCUT2D eigenvalue weighted by atomic mass is 9.97. The molecule has 1 heterocycles. The van der Waals surface area contributed by atoms with Crippen molar-refractivity contribution in [2.75, 3.05) is 22.9 Å². The number of hydrogen-bond acceptors (Lipinski definition) is 5. The van der Waals surface area contributed by atoms with Gasteiger partial charge in [-0.15, -0.1) is 0 Å². The average Bonchev–Trinajstić information content (AvgIpc) is 2.66. The van der Waals surface area contributed by atoms with Crippen molar-refractivity contribution >= 4 is 23.0 Å². The van der Waals surface area contributed by atoms with E-state index in [1.54, 1.807) is 11.9 Å². The summed E-state index contributed by atoms with van der Waals surface area (Å²) in [6.07, 6.45) is 10.0. The standard InChI is InChI=1S/C21H29N5/c1-15(2)17-8-10-18(11-9-17)26-21-19(22)20(24-14-25-21)23-13-12-16-6-4-3-5-7-16/h6,8-11,14-15H,3-5,7,12-13,22H2,1-2H3,(H2,23,24,25,26). The lowest BCUT2D eigenvalue weighted by Gasteiger charge is -2.15. The third-order valence-corrected chi connectivity index (χ3v) is 4.85. The number of nitrogens with one attached hydrogen (secondary N) is 2. The lowest BCUT2D eigenvalue weighted by Crippen LogP contribution is -2.10. The summed E-state index contributed by atoms with van der Waals surface area (Å²) in [6.45, 7) is 5.22. The van der Waals surface area contributed by atoms with Crippen LogP contribution in [0.1, 0.15) is 57.4 Å². The Morgan fingerprint density at radius 2 is 1.85 bits per heavy atom. The molecule has 2 aromatic rings. The van der Waals surface area contributed by atoms with Gasteiger partial charge in [-0.3, -0.25) is 0 Å². The molecule has 0 spiro atoms. The van der Waals surface area contributed by atoms with Crippen molar-refractivity contribution in [1.82, 2.24) is 9.97 Å². The summed E-state index contributed by atoms with van der Waals surface area (Å²) < 4.78 is 0. The lowest BCUT2D eigenvalue weighted by molar-refractivity contribution is 0.679. The number of aromatic nitrogens is 2. The molecule has 0 radical (unpaired) electrons. The first-order chi connectivity index (χ1) is 12.6. The number of nitrogens with zero attached hydrogens (tertiary/aromatic N) is 2. The minimum Gasteiger partial charge on any atom is -0.393 e. The Morgan fingerprint density at radius 3 is 2.54 bits per heavy atom. The van der Waals surface area contributed by atoms with Crippen LogP contribution in [0.3, 0.4) is 0 Å². The first-order valence-corrected chi connectivity index (χ1v) is 9.52. The predicted molar refractivity (Wildman–Crippen MR) is 110 cm³/mol. The van der Waals surface area contributed by atoms with Crippen LogP contribution in [0.15, 0.2) is 42.2 Å². The molecule has 138 valence electrons. The second kappa shape index (κ2) is 8.70. The Kier molecular flexibility index (Phi) is 6.10. The number of allylic oxidation sites excluding steroid dienone is 1. The number of rotatable bonds is 7. The van der Waals surface area contributed by atoms with E-state index in [2.05, 4.69) is 64.8 Å². The Morgan fingerprint density at radius 1 is 1.08 bits per heavy atom. The van der Waals surface area contributed by atoms with Crippen molar-refractivity contribution in [3.63, 3.8) is 0 Å². The molecular weight excluding hydrogens is 322 g/mol. The Balaban J connectivity index is 1.62. The number of hydrogen-bond donors (Lipinski definition) is 3. The van der Waals surface area contributed by atoms with E-state index in [0.717, 1.165) is 18.7 Å². The molecule has 26 heavy (non-hydrogen) atoms. The van der Waals surface area contributed by atoms with Gasteiger partial charge in [0.25, 0.3) is 0 Å². The van der Waals surface area contributed by atoms with Crippen LogP contribution in [0.4, 0.5) is 23.0 Å². The van der Waals surface area contributed by atoms with Gasteiger partial charge in [-0.05, 0) is 55.7 Å². The Hall–Kier alpha value is -2.56. The van der Waals surface area contributed by atoms with Crippen LogP contribution in [0.2, 0.25) is 0 Å². The molecule has 0 saturated carbocycles. The number of nitrogen functional groups attached to an aromatic ring is 1. The van der Waals surface area contributed by atoms with Crippen LogP contribution < -0.4 is 16.4 Å². The zero-order chi connectivity index (χ0) is 18.4. The Bertz CT molecular complexity index is 749. The van der Waals surface area contributed by atoms with E-state index in [1.165, 1.54) is 31.2 Å². The van der Waals surface area contributed by atoms with Gasteiger partial charge in [0.15, 0.2) is 11.6 Å². The predicted octanol–water partition coefficient (Wildman–Crippen LogP) is 5.23. The number of benzene rings is 1. The summed E-state index contributed by atoms with van der Waals surface area (Å²) in [5.41, 5.74) is 10.6. The highest BCUT2D eigenvalue weighted by molar-refractivity contribution is 5.77. The third-order valence-electron chi connectivity index (χ3n) is 4.85. The second-order valence-electron chi connectivity index (χ2n) is 7.17. The minimum absolute atomic E-state index is 0.517. The fourth-order valence-electron chi connectivity index (χ4n) is 3.20. The van der Waals surface area contributed by atoms with E-state index in [9.17, 15) is 0 Å². The van der Waals surface area contributed by atoms with Crippen LogP contribution in [-0.4, -0.2) is 16.5 Å². The highest BCUT2D eigenvalue weighted by atomic mass is 15.1. The molecule has 0 fully saturated rings. The van der Waals surface area contributed by atoms with Gasteiger partial charge in [0.2, 0.25) is 0 Å². The van der Waals surface area contributed by atoms with E-state index in [-0.39, 0.29) is 0 Å². The van der Waals surface area contributed by atoms with Crippen molar-refractivity contribution < 1.29 is 0 Å². The molecule has 1 aromatic carbocycles. The van der Waals surface area contributed by atoms with Crippen LogP contribution >= 0.6 is 0 Å². The maximum absolute atomic E-state index is 6.26. The van der Waals surface area contributed by atoms with E-state index < -0.39 is 0 Å². The molecular formula is C21H29N5. The van der Waals surface area contributed by atoms with Crippen LogP contribution in [0, 0.1) is 0 Å². The van der Waals surface area contributed by atoms with Gasteiger partial charge in [0, 0.05) is 12.2 Å². The Labute approximate surface area is 156 Å². The largest absolute Gasteiger partial charge is 0.393 e. The third kappa shape index (κ3) is 4.75. The summed E-state index contributed by atoms with van der Waals surface area (Å²) in [6, 6.07) is 8.36. The fraction of sp³-hybridized carbons (Fsp3) is 0.429. The SMILES string of the molecule is CC(C)c1ccc(Nc2ncnc(NCCC3=CCCCC3)c2N)cc1. The summed E-state index contributed by atoms with van der Waals surface area (Å²) >= 11 is 0. The van der Waals surface area contributed by atoms with Crippen molar-refractivity contribution in [2.45, 2.75) is 51.9 Å². The molecule has 0 saturated heterocycles. The monoisotopic (exact) mass is 351 g/mol. The maximum atomic E-state index is 6.26. The molecule has 1 aromatic heterocycles. The normalized spacial score (nSPS) is 14.2.